The Balaban J connectivity index is 1.87. The van der Waals surface area contributed by atoms with E-state index in [1.165, 1.54) is 4.40 Å². The van der Waals surface area contributed by atoms with Crippen LogP contribution in [0.2, 0.25) is 0 Å². The lowest BCUT2D eigenvalue weighted by molar-refractivity contribution is -0.134. The van der Waals surface area contributed by atoms with Gasteiger partial charge in [0.05, 0.1) is 0 Å². The van der Waals surface area contributed by atoms with Gasteiger partial charge in [-0.15, -0.1) is 10.2 Å². The fraction of sp³-hybridized carbons (Fsp3) is 0.533. The number of pyridine rings is 1. The summed E-state index contributed by atoms with van der Waals surface area (Å²) in [6.07, 6.45) is 4.46. The first-order valence-corrected chi connectivity index (χ1v) is 9.39. The standard InChI is InChI=1S/C15H20N4O3S/c1-11-6-5-7-12(2)19(11)14(20)10-23(21,22)15-17-16-13-8-3-4-9-18(13)15/h3-4,8-9,11-12H,5-7,10H2,1-2H3/t11-,12-/m0/s1. The van der Waals surface area contributed by atoms with Crippen molar-refractivity contribution in [2.75, 3.05) is 5.75 Å². The van der Waals surface area contributed by atoms with Crippen molar-refractivity contribution >= 4 is 21.4 Å². The van der Waals surface area contributed by atoms with E-state index in [9.17, 15) is 13.2 Å². The van der Waals surface area contributed by atoms with Crippen molar-refractivity contribution in [2.45, 2.75) is 50.4 Å². The molecule has 0 bridgehead atoms. The minimum atomic E-state index is -3.84. The second kappa shape index (κ2) is 5.92. The van der Waals surface area contributed by atoms with Gasteiger partial charge in [-0.05, 0) is 45.2 Å². The molecule has 0 spiro atoms. The molecule has 0 aliphatic carbocycles. The third-order valence-electron chi connectivity index (χ3n) is 4.36. The predicted octanol–water partition coefficient (Wildman–Crippen LogP) is 1.29. The molecule has 1 saturated heterocycles. The lowest BCUT2D eigenvalue weighted by atomic mass is 9.98. The Morgan fingerprint density at radius 3 is 2.61 bits per heavy atom. The molecular formula is C15H20N4O3S. The second-order valence-electron chi connectivity index (χ2n) is 6.10. The molecule has 2 aromatic rings. The molecule has 124 valence electrons. The summed E-state index contributed by atoms with van der Waals surface area (Å²) in [5.41, 5.74) is 0.443. The Morgan fingerprint density at radius 2 is 1.91 bits per heavy atom. The molecule has 3 rings (SSSR count). The maximum atomic E-state index is 12.6. The van der Waals surface area contributed by atoms with Gasteiger partial charge >= 0.3 is 0 Å². The van der Waals surface area contributed by atoms with Crippen LogP contribution in [0.3, 0.4) is 0 Å². The molecule has 1 amide bonds. The van der Waals surface area contributed by atoms with Crippen LogP contribution in [0.4, 0.5) is 0 Å². The lowest BCUT2D eigenvalue weighted by Gasteiger charge is -2.39. The smallest absolute Gasteiger partial charge is 0.254 e. The van der Waals surface area contributed by atoms with Crippen LogP contribution in [-0.4, -0.2) is 51.7 Å². The molecule has 0 N–H and O–H groups in total. The van der Waals surface area contributed by atoms with E-state index in [-0.39, 0.29) is 23.1 Å². The van der Waals surface area contributed by atoms with Crippen LogP contribution < -0.4 is 0 Å². The number of sulfone groups is 1. The molecule has 8 heteroatoms. The molecule has 2 atom stereocenters. The molecule has 1 aliphatic rings. The van der Waals surface area contributed by atoms with Gasteiger partial charge < -0.3 is 4.90 Å². The molecule has 3 heterocycles. The highest BCUT2D eigenvalue weighted by Gasteiger charge is 2.33. The van der Waals surface area contributed by atoms with Gasteiger partial charge in [-0.1, -0.05) is 6.07 Å². The first-order valence-electron chi connectivity index (χ1n) is 7.74. The normalized spacial score (nSPS) is 22.4. The molecule has 0 aromatic carbocycles. The highest BCUT2D eigenvalue weighted by atomic mass is 32.2. The van der Waals surface area contributed by atoms with Crippen LogP contribution in [0, 0.1) is 0 Å². The molecular weight excluding hydrogens is 316 g/mol. The SMILES string of the molecule is C[C@H]1CCC[C@H](C)N1C(=O)CS(=O)(=O)c1nnc2ccccn12. The largest absolute Gasteiger partial charge is 0.336 e. The third kappa shape index (κ3) is 2.95. The molecule has 1 fully saturated rings. The number of nitrogens with zero attached hydrogens (tertiary/aromatic N) is 4. The van der Waals surface area contributed by atoms with Crippen LogP contribution in [0.15, 0.2) is 29.6 Å². The number of carbonyl (C=O) groups excluding carboxylic acids is 1. The van der Waals surface area contributed by atoms with Crippen LogP contribution in [-0.2, 0) is 14.6 Å². The van der Waals surface area contributed by atoms with Crippen molar-refractivity contribution in [3.8, 4) is 0 Å². The number of hydrogen-bond donors (Lipinski definition) is 0. The molecule has 0 saturated carbocycles. The molecule has 2 aromatic heterocycles. The lowest BCUT2D eigenvalue weighted by Crippen LogP contribution is -2.49. The summed E-state index contributed by atoms with van der Waals surface area (Å²) in [5.74, 6) is -0.936. The molecule has 0 radical (unpaired) electrons. The van der Waals surface area contributed by atoms with Crippen LogP contribution in [0.5, 0.6) is 0 Å². The highest BCUT2D eigenvalue weighted by molar-refractivity contribution is 7.91. The van der Waals surface area contributed by atoms with Gasteiger partial charge in [0, 0.05) is 18.3 Å². The molecule has 7 nitrogen and oxygen atoms in total. The fourth-order valence-corrected chi connectivity index (χ4v) is 4.47. The average molecular weight is 336 g/mol. The Bertz CT molecular complexity index is 820. The van der Waals surface area contributed by atoms with E-state index >= 15 is 0 Å². The summed E-state index contributed by atoms with van der Waals surface area (Å²) in [6, 6.07) is 5.25. The number of likely N-dealkylation sites (tertiary alicyclic amines) is 1. The van der Waals surface area contributed by atoms with E-state index in [0.29, 0.717) is 5.65 Å². The van der Waals surface area contributed by atoms with Gasteiger partial charge in [0.15, 0.2) is 5.65 Å². The van der Waals surface area contributed by atoms with Gasteiger partial charge in [-0.2, -0.15) is 0 Å². The third-order valence-corrected chi connectivity index (χ3v) is 5.82. The maximum absolute atomic E-state index is 12.6. The number of fused-ring (bicyclic) bond motifs is 1. The zero-order chi connectivity index (χ0) is 16.6. The van der Waals surface area contributed by atoms with Crippen molar-refractivity contribution in [1.29, 1.82) is 0 Å². The van der Waals surface area contributed by atoms with Gasteiger partial charge in [0.25, 0.3) is 5.16 Å². The zero-order valence-corrected chi connectivity index (χ0v) is 14.0. The average Bonchev–Trinajstić information content (AvgIpc) is 2.91. The van der Waals surface area contributed by atoms with E-state index in [4.69, 9.17) is 0 Å². The highest BCUT2D eigenvalue weighted by Crippen LogP contribution is 2.23. The summed E-state index contributed by atoms with van der Waals surface area (Å²) >= 11 is 0. The Hall–Kier alpha value is -1.96. The van der Waals surface area contributed by atoms with E-state index in [1.54, 1.807) is 29.3 Å². The van der Waals surface area contributed by atoms with Crippen LogP contribution in [0.1, 0.15) is 33.1 Å². The summed E-state index contributed by atoms with van der Waals surface area (Å²) in [4.78, 5) is 14.3. The van der Waals surface area contributed by atoms with E-state index in [1.807, 2.05) is 13.8 Å². The van der Waals surface area contributed by atoms with Crippen molar-refractivity contribution in [3.63, 3.8) is 0 Å². The Morgan fingerprint density at radius 1 is 1.22 bits per heavy atom. The summed E-state index contributed by atoms with van der Waals surface area (Å²) in [7, 11) is -3.84. The zero-order valence-electron chi connectivity index (χ0n) is 13.2. The van der Waals surface area contributed by atoms with E-state index < -0.39 is 15.6 Å². The number of hydrogen-bond acceptors (Lipinski definition) is 5. The van der Waals surface area contributed by atoms with Gasteiger partial charge in [0.1, 0.15) is 5.75 Å². The topological polar surface area (TPSA) is 84.6 Å². The number of aromatic nitrogens is 3. The quantitative estimate of drug-likeness (QED) is 0.843. The fourth-order valence-electron chi connectivity index (χ4n) is 3.25. The van der Waals surface area contributed by atoms with E-state index in [2.05, 4.69) is 10.2 Å². The predicted molar refractivity (Wildman–Crippen MR) is 84.7 cm³/mol. The van der Waals surface area contributed by atoms with Crippen LogP contribution in [0.25, 0.3) is 5.65 Å². The first-order chi connectivity index (χ1) is 10.9. The minimum Gasteiger partial charge on any atom is -0.336 e. The number of rotatable bonds is 3. The molecule has 1 aliphatic heterocycles. The van der Waals surface area contributed by atoms with Gasteiger partial charge in [-0.25, -0.2) is 8.42 Å². The number of piperidine rings is 1. The summed E-state index contributed by atoms with van der Waals surface area (Å²) in [5, 5.41) is 7.42. The molecule has 0 unspecified atom stereocenters. The molecule has 23 heavy (non-hydrogen) atoms. The first kappa shape index (κ1) is 15.9. The van der Waals surface area contributed by atoms with Gasteiger partial charge in [-0.3, -0.25) is 9.20 Å². The van der Waals surface area contributed by atoms with Crippen molar-refractivity contribution in [3.05, 3.63) is 24.4 Å². The van der Waals surface area contributed by atoms with E-state index in [0.717, 1.165) is 19.3 Å². The van der Waals surface area contributed by atoms with Crippen molar-refractivity contribution in [1.82, 2.24) is 19.5 Å². The van der Waals surface area contributed by atoms with Crippen LogP contribution >= 0.6 is 0 Å². The van der Waals surface area contributed by atoms with Crippen molar-refractivity contribution < 1.29 is 13.2 Å². The number of carbonyl (C=O) groups is 1. The Labute approximate surface area is 135 Å². The number of amides is 1. The van der Waals surface area contributed by atoms with Crippen molar-refractivity contribution in [2.24, 2.45) is 0 Å². The second-order valence-corrected chi connectivity index (χ2v) is 7.98. The van der Waals surface area contributed by atoms with Gasteiger partial charge in [0.2, 0.25) is 15.7 Å². The monoisotopic (exact) mass is 336 g/mol. The summed E-state index contributed by atoms with van der Waals surface area (Å²) in [6.45, 7) is 3.93. The minimum absolute atomic E-state index is 0.0663. The summed E-state index contributed by atoms with van der Waals surface area (Å²) < 4.78 is 26.6. The maximum Gasteiger partial charge on any atom is 0.254 e. The Kier molecular flexibility index (Phi) is 4.09.